The minimum absolute atomic E-state index is 0.0730. The normalized spacial score (nSPS) is 12.8. The van der Waals surface area contributed by atoms with E-state index in [1.54, 1.807) is 0 Å². The first-order valence-electron chi connectivity index (χ1n) is 6.91. The van der Waals surface area contributed by atoms with Crippen LogP contribution in [0.4, 0.5) is 13.2 Å². The van der Waals surface area contributed by atoms with Crippen molar-refractivity contribution in [3.05, 3.63) is 42.4 Å². The Morgan fingerprint density at radius 2 is 2.00 bits per heavy atom. The highest BCUT2D eigenvalue weighted by atomic mass is 32.2. The summed E-state index contributed by atoms with van der Waals surface area (Å²) in [6.07, 6.45) is 1.29. The lowest BCUT2D eigenvalue weighted by molar-refractivity contribution is -0.137. The lowest BCUT2D eigenvalue weighted by atomic mass is 10.1. The molecule has 0 aliphatic rings. The van der Waals surface area contributed by atoms with Gasteiger partial charge in [-0.2, -0.15) is 13.2 Å². The van der Waals surface area contributed by atoms with Crippen molar-refractivity contribution in [2.24, 2.45) is 0 Å². The van der Waals surface area contributed by atoms with E-state index in [-0.39, 0.29) is 17.3 Å². The first-order valence-corrected chi connectivity index (χ1v) is 8.80. The molecule has 0 aliphatic heterocycles. The van der Waals surface area contributed by atoms with Gasteiger partial charge in [-0.15, -0.1) is 15.3 Å². The Morgan fingerprint density at radius 3 is 2.62 bits per heavy atom. The molecule has 3 rings (SSSR count). The van der Waals surface area contributed by atoms with Gasteiger partial charge in [-0.25, -0.2) is 18.1 Å². The molecule has 0 fully saturated rings. The maximum atomic E-state index is 13.1. The molecule has 8 nitrogen and oxygen atoms in total. The van der Waals surface area contributed by atoms with E-state index in [0.29, 0.717) is 6.07 Å². The molecule has 136 valence electrons. The van der Waals surface area contributed by atoms with Crippen LogP contribution < -0.4 is 0 Å². The van der Waals surface area contributed by atoms with Crippen LogP contribution in [0.25, 0.3) is 23.7 Å². The first-order chi connectivity index (χ1) is 12.1. The van der Waals surface area contributed by atoms with Crippen LogP contribution in [0.3, 0.4) is 0 Å². The SMILES string of the molecule is CS(=O)(=O)c1cc(-c2ncn(/C=C\c3nnco3)n2)cc(C(F)(F)F)c1. The van der Waals surface area contributed by atoms with Crippen LogP contribution in [0.15, 0.2) is 40.2 Å². The number of alkyl halides is 3. The number of nitrogens with zero attached hydrogens (tertiary/aromatic N) is 5. The van der Waals surface area contributed by atoms with E-state index in [2.05, 4.69) is 20.3 Å². The third kappa shape index (κ3) is 3.96. The lowest BCUT2D eigenvalue weighted by Gasteiger charge is -2.10. The highest BCUT2D eigenvalue weighted by Gasteiger charge is 2.32. The Balaban J connectivity index is 2.01. The van der Waals surface area contributed by atoms with Crippen LogP contribution in [-0.2, 0) is 16.0 Å². The largest absolute Gasteiger partial charge is 0.424 e. The zero-order valence-electron chi connectivity index (χ0n) is 13.0. The predicted molar refractivity (Wildman–Crippen MR) is 83.1 cm³/mol. The minimum Gasteiger partial charge on any atom is -0.424 e. The second kappa shape index (κ2) is 6.37. The van der Waals surface area contributed by atoms with Gasteiger partial charge in [0, 0.05) is 24.1 Å². The van der Waals surface area contributed by atoms with Crippen molar-refractivity contribution in [1.29, 1.82) is 0 Å². The topological polar surface area (TPSA) is 104 Å². The fraction of sp³-hybridized carbons (Fsp3) is 0.143. The third-order valence-electron chi connectivity index (χ3n) is 3.18. The van der Waals surface area contributed by atoms with E-state index < -0.39 is 26.5 Å². The van der Waals surface area contributed by atoms with E-state index in [1.807, 2.05) is 0 Å². The van der Waals surface area contributed by atoms with Crippen molar-refractivity contribution in [2.75, 3.05) is 6.26 Å². The van der Waals surface area contributed by atoms with Crippen LogP contribution in [0.2, 0.25) is 0 Å². The van der Waals surface area contributed by atoms with E-state index in [0.717, 1.165) is 24.8 Å². The number of hydrogen-bond donors (Lipinski definition) is 0. The highest BCUT2D eigenvalue weighted by Crippen LogP contribution is 2.33. The van der Waals surface area contributed by atoms with Crippen molar-refractivity contribution in [3.8, 4) is 11.4 Å². The molecule has 26 heavy (non-hydrogen) atoms. The van der Waals surface area contributed by atoms with Gasteiger partial charge in [-0.1, -0.05) is 0 Å². The van der Waals surface area contributed by atoms with Crippen LogP contribution >= 0.6 is 0 Å². The van der Waals surface area contributed by atoms with Crippen molar-refractivity contribution in [1.82, 2.24) is 25.0 Å². The second-order valence-electron chi connectivity index (χ2n) is 5.16. The summed E-state index contributed by atoms with van der Waals surface area (Å²) >= 11 is 0. The van der Waals surface area contributed by atoms with Crippen LogP contribution in [0.5, 0.6) is 0 Å². The van der Waals surface area contributed by atoms with Gasteiger partial charge in [0.15, 0.2) is 15.7 Å². The molecule has 0 radical (unpaired) electrons. The Morgan fingerprint density at radius 1 is 1.23 bits per heavy atom. The summed E-state index contributed by atoms with van der Waals surface area (Å²) in [6.45, 7) is 0. The third-order valence-corrected chi connectivity index (χ3v) is 4.27. The average molecular weight is 385 g/mol. The zero-order chi connectivity index (χ0) is 18.9. The average Bonchev–Trinajstić information content (AvgIpc) is 3.22. The Kier molecular flexibility index (Phi) is 4.36. The minimum atomic E-state index is -4.71. The van der Waals surface area contributed by atoms with Crippen molar-refractivity contribution >= 4 is 22.1 Å². The van der Waals surface area contributed by atoms with Gasteiger partial charge in [0.25, 0.3) is 0 Å². The van der Waals surface area contributed by atoms with Gasteiger partial charge in [-0.3, -0.25) is 0 Å². The van der Waals surface area contributed by atoms with E-state index in [9.17, 15) is 21.6 Å². The smallest absolute Gasteiger partial charge is 0.416 e. The van der Waals surface area contributed by atoms with Crippen LogP contribution in [-0.4, -0.2) is 39.6 Å². The molecule has 0 amide bonds. The number of rotatable bonds is 4. The van der Waals surface area contributed by atoms with Crippen molar-refractivity contribution in [3.63, 3.8) is 0 Å². The second-order valence-corrected chi connectivity index (χ2v) is 7.17. The number of sulfone groups is 1. The van der Waals surface area contributed by atoms with E-state index in [4.69, 9.17) is 4.42 Å². The summed E-state index contributed by atoms with van der Waals surface area (Å²) < 4.78 is 68.7. The monoisotopic (exact) mass is 385 g/mol. The van der Waals surface area contributed by atoms with Crippen LogP contribution in [0, 0.1) is 0 Å². The van der Waals surface area contributed by atoms with Gasteiger partial charge >= 0.3 is 6.18 Å². The fourth-order valence-electron chi connectivity index (χ4n) is 1.98. The Bertz CT molecular complexity index is 1060. The summed E-state index contributed by atoms with van der Waals surface area (Å²) in [4.78, 5) is 3.43. The van der Waals surface area contributed by atoms with E-state index in [1.165, 1.54) is 23.3 Å². The molecule has 0 unspecified atom stereocenters. The first kappa shape index (κ1) is 17.8. The molecular weight excluding hydrogens is 375 g/mol. The maximum absolute atomic E-state index is 13.1. The highest BCUT2D eigenvalue weighted by molar-refractivity contribution is 7.90. The summed E-state index contributed by atoms with van der Waals surface area (Å²) in [5.41, 5.74) is -1.18. The number of aromatic nitrogens is 5. The molecule has 0 N–H and O–H groups in total. The molecular formula is C14H10F3N5O3S. The maximum Gasteiger partial charge on any atom is 0.416 e. The molecule has 2 aromatic heterocycles. The molecule has 0 saturated heterocycles. The van der Waals surface area contributed by atoms with Crippen LogP contribution in [0.1, 0.15) is 11.5 Å². The van der Waals surface area contributed by atoms with E-state index >= 15 is 0 Å². The number of hydrogen-bond acceptors (Lipinski definition) is 7. The number of benzene rings is 1. The van der Waals surface area contributed by atoms with Gasteiger partial charge < -0.3 is 4.42 Å². The van der Waals surface area contributed by atoms with Gasteiger partial charge in [-0.05, 0) is 18.2 Å². The summed E-state index contributed by atoms with van der Waals surface area (Å²) in [5, 5.41) is 11.1. The molecule has 2 heterocycles. The fourth-order valence-corrected chi connectivity index (χ4v) is 2.66. The van der Waals surface area contributed by atoms with Crippen molar-refractivity contribution in [2.45, 2.75) is 11.1 Å². The molecule has 3 aromatic rings. The quantitative estimate of drug-likeness (QED) is 0.679. The summed E-state index contributed by atoms with van der Waals surface area (Å²) in [6, 6.07) is 2.45. The molecule has 0 saturated carbocycles. The van der Waals surface area contributed by atoms with Gasteiger partial charge in [0.05, 0.1) is 10.5 Å². The molecule has 0 atom stereocenters. The Labute approximate surface area is 144 Å². The molecule has 0 spiro atoms. The zero-order valence-corrected chi connectivity index (χ0v) is 13.9. The predicted octanol–water partition coefficient (Wildman–Crippen LogP) is 2.38. The molecule has 12 heteroatoms. The number of halogens is 3. The Hall–Kier alpha value is -3.02. The summed E-state index contributed by atoms with van der Waals surface area (Å²) in [7, 11) is -3.85. The van der Waals surface area contributed by atoms with Crippen molar-refractivity contribution < 1.29 is 26.0 Å². The standard InChI is InChI=1S/C14H10F3N5O3S/c1-26(23,24)11-5-9(4-10(6-11)14(15,16)17)13-18-7-22(21-13)3-2-12-20-19-8-25-12/h2-8H,1H3/b3-2-. The lowest BCUT2D eigenvalue weighted by Crippen LogP contribution is -2.08. The molecule has 0 bridgehead atoms. The van der Waals surface area contributed by atoms with Gasteiger partial charge in [0.1, 0.15) is 6.33 Å². The van der Waals surface area contributed by atoms with Gasteiger partial charge in [0.2, 0.25) is 12.3 Å². The molecule has 1 aromatic carbocycles. The molecule has 0 aliphatic carbocycles. The summed E-state index contributed by atoms with van der Waals surface area (Å²) in [5.74, 6) is 0.122.